The molecule has 0 saturated carbocycles. The van der Waals surface area contributed by atoms with Gasteiger partial charge in [-0.05, 0) is 31.1 Å². The summed E-state index contributed by atoms with van der Waals surface area (Å²) in [5.74, 6) is 0.869. The maximum Gasteiger partial charge on any atom is 0.306 e. The number of hydrogen-bond acceptors (Lipinski definition) is 6. The Balaban J connectivity index is 4.31. The van der Waals surface area contributed by atoms with Crippen LogP contribution < -0.4 is 0 Å². The molecule has 6 heteroatoms. The van der Waals surface area contributed by atoms with Crippen molar-refractivity contribution in [2.45, 2.75) is 310 Å². The molecule has 0 bridgehead atoms. The van der Waals surface area contributed by atoms with Crippen LogP contribution in [0.2, 0.25) is 0 Å². The topological polar surface area (TPSA) is 78.9 Å². The van der Waals surface area contributed by atoms with E-state index in [4.69, 9.17) is 14.2 Å². The maximum absolute atomic E-state index is 12.8. The summed E-state index contributed by atoms with van der Waals surface area (Å²) in [4.78, 5) is 38.0. The van der Waals surface area contributed by atoms with E-state index in [0.717, 1.165) is 69.6 Å². The SMILES string of the molecule is CCCCCCCCCCCCCCCCCCCC(=O)OC[C@@H](COC(=O)CCCCCCCCCCC(C)CC)OC(=O)CCCCCCCCCCCCC(C)CC. The zero-order valence-corrected chi connectivity index (χ0v) is 41.8. The van der Waals surface area contributed by atoms with E-state index in [1.807, 2.05) is 0 Å². The second-order valence-corrected chi connectivity index (χ2v) is 19.4. The summed E-state index contributed by atoms with van der Waals surface area (Å²) in [6.07, 6.45) is 49.4. The van der Waals surface area contributed by atoms with Gasteiger partial charge in [-0.1, -0.05) is 266 Å². The van der Waals surface area contributed by atoms with Crippen LogP contribution in [0.4, 0.5) is 0 Å². The number of hydrogen-bond donors (Lipinski definition) is 0. The van der Waals surface area contributed by atoms with Crippen molar-refractivity contribution in [2.75, 3.05) is 13.2 Å². The largest absolute Gasteiger partial charge is 0.462 e. The fourth-order valence-corrected chi connectivity index (χ4v) is 8.28. The van der Waals surface area contributed by atoms with Gasteiger partial charge in [0.1, 0.15) is 13.2 Å². The monoisotopic (exact) mass is 863 g/mol. The lowest BCUT2D eigenvalue weighted by atomic mass is 9.99. The molecule has 0 N–H and O–H groups in total. The Hall–Kier alpha value is -1.59. The van der Waals surface area contributed by atoms with E-state index in [0.29, 0.717) is 19.3 Å². The van der Waals surface area contributed by atoms with Gasteiger partial charge in [0, 0.05) is 19.3 Å². The Kier molecular flexibility index (Phi) is 46.6. The summed E-state index contributed by atoms with van der Waals surface area (Å²) >= 11 is 0. The minimum atomic E-state index is -0.763. The Bertz CT molecular complexity index is 935. The van der Waals surface area contributed by atoms with E-state index in [1.54, 1.807) is 0 Å². The lowest BCUT2D eigenvalue weighted by Crippen LogP contribution is -2.30. The summed E-state index contributed by atoms with van der Waals surface area (Å²) in [5, 5.41) is 0. The van der Waals surface area contributed by atoms with E-state index < -0.39 is 6.10 Å². The highest BCUT2D eigenvalue weighted by atomic mass is 16.6. The highest BCUT2D eigenvalue weighted by molar-refractivity contribution is 5.71. The predicted molar refractivity (Wildman–Crippen MR) is 261 cm³/mol. The van der Waals surface area contributed by atoms with Crippen LogP contribution in [-0.4, -0.2) is 37.2 Å². The molecule has 0 radical (unpaired) electrons. The first kappa shape index (κ1) is 59.4. The Morgan fingerprint density at radius 3 is 0.852 bits per heavy atom. The van der Waals surface area contributed by atoms with E-state index in [2.05, 4.69) is 34.6 Å². The molecular weight excluding hydrogens is 757 g/mol. The first-order valence-corrected chi connectivity index (χ1v) is 27.3. The normalized spacial score (nSPS) is 12.9. The van der Waals surface area contributed by atoms with E-state index in [1.165, 1.54) is 193 Å². The number of ether oxygens (including phenoxy) is 3. The molecule has 0 aliphatic heterocycles. The highest BCUT2D eigenvalue weighted by Crippen LogP contribution is 2.18. The van der Waals surface area contributed by atoms with Gasteiger partial charge < -0.3 is 14.2 Å². The molecule has 0 rings (SSSR count). The number of carbonyl (C=O) groups excluding carboxylic acids is 3. The van der Waals surface area contributed by atoms with E-state index in [-0.39, 0.29) is 31.1 Å². The van der Waals surface area contributed by atoms with Crippen molar-refractivity contribution in [2.24, 2.45) is 11.8 Å². The maximum atomic E-state index is 12.8. The molecule has 2 unspecified atom stereocenters. The highest BCUT2D eigenvalue weighted by Gasteiger charge is 2.19. The van der Waals surface area contributed by atoms with Gasteiger partial charge in [0.15, 0.2) is 6.10 Å². The Labute approximate surface area is 380 Å². The standard InChI is InChI=1S/C55H106O6/c1-6-9-10-11-12-13-14-15-16-17-18-19-20-24-30-35-40-45-53(56)59-48-52(49-60-54(57)46-41-36-31-27-26-29-34-39-44-51(5)8-3)61-55(58)47-42-37-32-25-22-21-23-28-33-38-43-50(4)7-2/h50-52H,6-49H2,1-5H3/t50?,51?,52-/m0/s1. The number of unbranched alkanes of at least 4 members (excludes halogenated alkanes) is 32. The second-order valence-electron chi connectivity index (χ2n) is 19.4. The molecule has 0 aliphatic rings. The second kappa shape index (κ2) is 47.9. The molecule has 0 aromatic heterocycles. The van der Waals surface area contributed by atoms with Crippen LogP contribution in [0.25, 0.3) is 0 Å². The quantitative estimate of drug-likeness (QED) is 0.0344. The fraction of sp³-hybridized carbons (Fsp3) is 0.945. The minimum Gasteiger partial charge on any atom is -0.462 e. The van der Waals surface area contributed by atoms with Crippen molar-refractivity contribution in [3.63, 3.8) is 0 Å². The van der Waals surface area contributed by atoms with Crippen LogP contribution in [0.3, 0.4) is 0 Å². The van der Waals surface area contributed by atoms with E-state index in [9.17, 15) is 14.4 Å². The van der Waals surface area contributed by atoms with Gasteiger partial charge in [-0.25, -0.2) is 0 Å². The molecule has 0 aliphatic carbocycles. The summed E-state index contributed by atoms with van der Waals surface area (Å²) < 4.78 is 16.8. The molecule has 6 nitrogen and oxygen atoms in total. The molecule has 3 atom stereocenters. The van der Waals surface area contributed by atoms with Gasteiger partial charge in [0.05, 0.1) is 0 Å². The third-order valence-electron chi connectivity index (χ3n) is 13.2. The van der Waals surface area contributed by atoms with Crippen LogP contribution in [0.15, 0.2) is 0 Å². The van der Waals surface area contributed by atoms with Gasteiger partial charge >= 0.3 is 17.9 Å². The third-order valence-corrected chi connectivity index (χ3v) is 13.2. The van der Waals surface area contributed by atoms with Gasteiger partial charge in [-0.15, -0.1) is 0 Å². The van der Waals surface area contributed by atoms with Crippen molar-refractivity contribution >= 4 is 17.9 Å². The van der Waals surface area contributed by atoms with Crippen LogP contribution in [0, 0.1) is 11.8 Å². The number of esters is 3. The number of rotatable bonds is 49. The molecule has 0 heterocycles. The molecular formula is C55H106O6. The molecule has 0 amide bonds. The lowest BCUT2D eigenvalue weighted by Gasteiger charge is -2.18. The number of carbonyl (C=O) groups is 3. The van der Waals surface area contributed by atoms with Crippen LogP contribution >= 0.6 is 0 Å². The summed E-state index contributed by atoms with van der Waals surface area (Å²) in [6, 6.07) is 0. The molecule has 0 aromatic rings. The van der Waals surface area contributed by atoms with Crippen molar-refractivity contribution < 1.29 is 28.6 Å². The van der Waals surface area contributed by atoms with E-state index >= 15 is 0 Å². The zero-order valence-electron chi connectivity index (χ0n) is 41.8. The first-order valence-electron chi connectivity index (χ1n) is 27.3. The first-order chi connectivity index (χ1) is 29.8. The molecule has 362 valence electrons. The fourth-order valence-electron chi connectivity index (χ4n) is 8.28. The molecule has 0 spiro atoms. The molecule has 0 aromatic carbocycles. The van der Waals surface area contributed by atoms with Gasteiger partial charge in [-0.3, -0.25) is 14.4 Å². The van der Waals surface area contributed by atoms with Crippen molar-refractivity contribution in [1.82, 2.24) is 0 Å². The average molecular weight is 863 g/mol. The Morgan fingerprint density at radius 1 is 0.328 bits per heavy atom. The van der Waals surface area contributed by atoms with Gasteiger partial charge in [-0.2, -0.15) is 0 Å². The minimum absolute atomic E-state index is 0.0637. The van der Waals surface area contributed by atoms with Crippen LogP contribution in [0.5, 0.6) is 0 Å². The van der Waals surface area contributed by atoms with Crippen molar-refractivity contribution in [3.8, 4) is 0 Å². The van der Waals surface area contributed by atoms with Crippen LogP contribution in [-0.2, 0) is 28.6 Å². The van der Waals surface area contributed by atoms with Gasteiger partial charge in [0.25, 0.3) is 0 Å². The third kappa shape index (κ3) is 46.2. The predicted octanol–water partition coefficient (Wildman–Crippen LogP) is 17.7. The smallest absolute Gasteiger partial charge is 0.306 e. The molecule has 61 heavy (non-hydrogen) atoms. The summed E-state index contributed by atoms with van der Waals surface area (Å²) in [7, 11) is 0. The lowest BCUT2D eigenvalue weighted by molar-refractivity contribution is -0.167. The molecule has 0 saturated heterocycles. The summed E-state index contributed by atoms with van der Waals surface area (Å²) in [6.45, 7) is 11.4. The van der Waals surface area contributed by atoms with Crippen molar-refractivity contribution in [3.05, 3.63) is 0 Å². The zero-order chi connectivity index (χ0) is 44.7. The Morgan fingerprint density at radius 2 is 0.574 bits per heavy atom. The van der Waals surface area contributed by atoms with Crippen LogP contribution in [0.1, 0.15) is 304 Å². The average Bonchev–Trinajstić information content (AvgIpc) is 3.26. The summed E-state index contributed by atoms with van der Waals surface area (Å²) in [5.41, 5.74) is 0. The van der Waals surface area contributed by atoms with Crippen molar-refractivity contribution in [1.29, 1.82) is 0 Å². The molecule has 0 fully saturated rings. The van der Waals surface area contributed by atoms with Gasteiger partial charge in [0.2, 0.25) is 0 Å².